The summed E-state index contributed by atoms with van der Waals surface area (Å²) in [5, 5.41) is 9.48. The van der Waals surface area contributed by atoms with Crippen molar-refractivity contribution in [3.05, 3.63) is 35.7 Å². The number of rotatable bonds is 1. The maximum Gasteiger partial charge on any atom is 0.115 e. The van der Waals surface area contributed by atoms with Gasteiger partial charge in [0.25, 0.3) is 0 Å². The van der Waals surface area contributed by atoms with Gasteiger partial charge in [0.15, 0.2) is 0 Å². The third-order valence-corrected chi connectivity index (χ3v) is 5.99. The zero-order chi connectivity index (χ0) is 12.3. The van der Waals surface area contributed by atoms with Gasteiger partial charge in [0.05, 0.1) is 0 Å². The van der Waals surface area contributed by atoms with Gasteiger partial charge in [-0.3, -0.25) is 0 Å². The van der Waals surface area contributed by atoms with E-state index in [9.17, 15) is 5.11 Å². The Bertz CT molecular complexity index is 431. The molecule has 3 atom stereocenters. The van der Waals surface area contributed by atoms with Crippen LogP contribution in [-0.4, -0.2) is 5.11 Å². The van der Waals surface area contributed by atoms with Gasteiger partial charge >= 0.3 is 0 Å². The van der Waals surface area contributed by atoms with Gasteiger partial charge in [-0.2, -0.15) is 0 Å². The number of hydrogen-bond acceptors (Lipinski definition) is 1. The van der Waals surface area contributed by atoms with Crippen molar-refractivity contribution in [2.75, 3.05) is 0 Å². The molecule has 5 rings (SSSR count). The standard InChI is InChI=1S/C17H21O/c1-17(13-2-4-16(18)5-3-13)14-7-11-6-12(9-14)10-15(17)8-11/h2-5,11-12,14,18H,6-10H2,1H3. The minimum Gasteiger partial charge on any atom is -0.508 e. The average Bonchev–Trinajstić information content (AvgIpc) is 2.35. The molecular formula is C17H21O. The molecule has 0 spiro atoms. The lowest BCUT2D eigenvalue weighted by Crippen LogP contribution is -2.52. The van der Waals surface area contributed by atoms with Crippen molar-refractivity contribution < 1.29 is 5.11 Å². The minimum atomic E-state index is 0.293. The summed E-state index contributed by atoms with van der Waals surface area (Å²) in [4.78, 5) is 0. The van der Waals surface area contributed by atoms with Crippen LogP contribution < -0.4 is 0 Å². The highest BCUT2D eigenvalue weighted by Gasteiger charge is 2.55. The van der Waals surface area contributed by atoms with E-state index in [0.29, 0.717) is 11.2 Å². The van der Waals surface area contributed by atoms with Crippen LogP contribution in [0.3, 0.4) is 0 Å². The molecule has 4 bridgehead atoms. The molecule has 95 valence electrons. The fraction of sp³-hybridized carbons (Fsp3) is 0.588. The predicted molar refractivity (Wildman–Crippen MR) is 72.3 cm³/mol. The van der Waals surface area contributed by atoms with Crippen molar-refractivity contribution in [3.8, 4) is 5.75 Å². The Labute approximate surface area is 109 Å². The van der Waals surface area contributed by atoms with Gasteiger partial charge < -0.3 is 5.11 Å². The predicted octanol–water partition coefficient (Wildman–Crippen LogP) is 4.06. The van der Waals surface area contributed by atoms with E-state index in [1.165, 1.54) is 37.7 Å². The second-order valence-electron chi connectivity index (χ2n) is 6.90. The van der Waals surface area contributed by atoms with Crippen LogP contribution in [0, 0.1) is 23.7 Å². The Balaban J connectivity index is 1.76. The van der Waals surface area contributed by atoms with Crippen LogP contribution in [-0.2, 0) is 5.41 Å². The first-order valence-corrected chi connectivity index (χ1v) is 7.31. The molecule has 0 saturated heterocycles. The monoisotopic (exact) mass is 241 g/mol. The van der Waals surface area contributed by atoms with Gasteiger partial charge in [0, 0.05) is 5.41 Å². The summed E-state index contributed by atoms with van der Waals surface area (Å²) < 4.78 is 0. The maximum absolute atomic E-state index is 9.48. The average molecular weight is 241 g/mol. The van der Waals surface area contributed by atoms with Gasteiger partial charge in [-0.05, 0) is 73.5 Å². The van der Waals surface area contributed by atoms with Gasteiger partial charge in [-0.25, -0.2) is 0 Å². The SMILES string of the molecule is CC1(c2ccc(O)cc2)[C]2CC3CC(C2)CC1C3. The highest BCUT2D eigenvalue weighted by Crippen LogP contribution is 2.63. The quantitative estimate of drug-likeness (QED) is 0.786. The molecule has 1 nitrogen and oxygen atoms in total. The molecule has 4 saturated carbocycles. The van der Waals surface area contributed by atoms with Crippen molar-refractivity contribution in [3.63, 3.8) is 0 Å². The smallest absolute Gasteiger partial charge is 0.115 e. The van der Waals surface area contributed by atoms with Crippen molar-refractivity contribution in [1.29, 1.82) is 0 Å². The molecule has 1 heteroatoms. The van der Waals surface area contributed by atoms with E-state index >= 15 is 0 Å². The lowest BCUT2D eigenvalue weighted by atomic mass is 9.44. The summed E-state index contributed by atoms with van der Waals surface area (Å²) in [5.74, 6) is 5.02. The van der Waals surface area contributed by atoms with E-state index < -0.39 is 0 Å². The fourth-order valence-electron chi connectivity index (χ4n) is 5.11. The second kappa shape index (κ2) is 3.53. The van der Waals surface area contributed by atoms with Crippen LogP contribution >= 0.6 is 0 Å². The summed E-state index contributed by atoms with van der Waals surface area (Å²) >= 11 is 0. The molecule has 0 aromatic heterocycles. The number of phenols is 1. The number of hydrogen-bond donors (Lipinski definition) is 1. The Morgan fingerprint density at radius 3 is 2.17 bits per heavy atom. The highest BCUT2D eigenvalue weighted by molar-refractivity contribution is 5.40. The molecule has 18 heavy (non-hydrogen) atoms. The van der Waals surface area contributed by atoms with Crippen LogP contribution in [0.15, 0.2) is 24.3 Å². The number of aromatic hydroxyl groups is 1. The molecule has 4 aliphatic carbocycles. The van der Waals surface area contributed by atoms with E-state index in [-0.39, 0.29) is 0 Å². The third-order valence-electron chi connectivity index (χ3n) is 5.99. The van der Waals surface area contributed by atoms with Gasteiger partial charge in [-0.15, -0.1) is 0 Å². The topological polar surface area (TPSA) is 20.2 Å². The van der Waals surface area contributed by atoms with E-state index in [0.717, 1.165) is 17.8 Å². The first-order chi connectivity index (χ1) is 8.66. The van der Waals surface area contributed by atoms with Crippen LogP contribution in [0.2, 0.25) is 0 Å². The van der Waals surface area contributed by atoms with Crippen LogP contribution in [0.25, 0.3) is 0 Å². The van der Waals surface area contributed by atoms with Crippen LogP contribution in [0.4, 0.5) is 0 Å². The first-order valence-electron chi connectivity index (χ1n) is 7.31. The molecule has 0 aliphatic heterocycles. The van der Waals surface area contributed by atoms with Crippen molar-refractivity contribution in [2.45, 2.75) is 44.4 Å². The van der Waals surface area contributed by atoms with Crippen molar-refractivity contribution in [2.24, 2.45) is 17.8 Å². The third kappa shape index (κ3) is 1.34. The molecule has 1 N–H and O–H groups in total. The summed E-state index contributed by atoms with van der Waals surface area (Å²) in [7, 11) is 0. The highest BCUT2D eigenvalue weighted by atomic mass is 16.3. The van der Waals surface area contributed by atoms with Crippen molar-refractivity contribution >= 4 is 0 Å². The fourth-order valence-corrected chi connectivity index (χ4v) is 5.11. The van der Waals surface area contributed by atoms with Gasteiger partial charge in [0.2, 0.25) is 0 Å². The zero-order valence-electron chi connectivity index (χ0n) is 11.0. The zero-order valence-corrected chi connectivity index (χ0v) is 11.0. The molecule has 1 radical (unpaired) electrons. The largest absolute Gasteiger partial charge is 0.508 e. The Morgan fingerprint density at radius 2 is 1.61 bits per heavy atom. The Kier molecular flexibility index (Phi) is 2.13. The Hall–Kier alpha value is -0.980. The van der Waals surface area contributed by atoms with Crippen molar-refractivity contribution in [1.82, 2.24) is 0 Å². The van der Waals surface area contributed by atoms with E-state index in [4.69, 9.17) is 0 Å². The van der Waals surface area contributed by atoms with E-state index in [1.807, 2.05) is 12.1 Å². The van der Waals surface area contributed by atoms with E-state index in [2.05, 4.69) is 19.1 Å². The normalized spacial score (nSPS) is 42.4. The molecule has 4 aliphatic rings. The Morgan fingerprint density at radius 1 is 1.00 bits per heavy atom. The molecule has 1 aromatic rings. The lowest BCUT2D eigenvalue weighted by molar-refractivity contribution is 0.0275. The maximum atomic E-state index is 9.48. The molecule has 4 fully saturated rings. The molecule has 1 aromatic carbocycles. The molecule has 0 amide bonds. The molecular weight excluding hydrogens is 220 g/mol. The van der Waals surface area contributed by atoms with Gasteiger partial charge in [-0.1, -0.05) is 19.1 Å². The van der Waals surface area contributed by atoms with Crippen LogP contribution in [0.1, 0.15) is 44.6 Å². The van der Waals surface area contributed by atoms with Gasteiger partial charge in [0.1, 0.15) is 5.75 Å². The number of benzene rings is 1. The minimum absolute atomic E-state index is 0.293. The number of phenolic OH excluding ortho intramolecular Hbond substituents is 1. The summed E-state index contributed by atoms with van der Waals surface area (Å²) in [6.45, 7) is 2.46. The molecule has 0 heterocycles. The summed E-state index contributed by atoms with van der Waals surface area (Å²) in [5.41, 5.74) is 1.72. The second-order valence-corrected chi connectivity index (χ2v) is 6.90. The van der Waals surface area contributed by atoms with Crippen LogP contribution in [0.5, 0.6) is 5.75 Å². The molecule has 3 unspecified atom stereocenters. The summed E-state index contributed by atoms with van der Waals surface area (Å²) in [6, 6.07) is 7.99. The lowest BCUT2D eigenvalue weighted by Gasteiger charge is -2.60. The van der Waals surface area contributed by atoms with E-state index in [1.54, 1.807) is 5.92 Å². The first kappa shape index (κ1) is 10.9. The summed E-state index contributed by atoms with van der Waals surface area (Å²) in [6.07, 6.45) is 7.08.